The molecule has 0 fully saturated rings. The van der Waals surface area contributed by atoms with Crippen LogP contribution in [0, 0.1) is 11.6 Å². The highest BCUT2D eigenvalue weighted by Gasteiger charge is 2.16. The molecule has 0 amide bonds. The van der Waals surface area contributed by atoms with Crippen molar-refractivity contribution in [1.82, 2.24) is 0 Å². The summed E-state index contributed by atoms with van der Waals surface area (Å²) in [6.07, 6.45) is 7.27. The minimum Gasteiger partial charge on any atom is -0.494 e. The molecule has 4 heteroatoms. The Hall–Kier alpha value is -2.72. The number of hydrogen-bond acceptors (Lipinski definition) is 2. The number of unbranched alkanes of at least 4 members (excludes halogenated alkanes) is 5. The van der Waals surface area contributed by atoms with Crippen molar-refractivity contribution in [1.29, 1.82) is 0 Å². The molecule has 0 spiro atoms. The lowest BCUT2D eigenvalue weighted by molar-refractivity contribution is 0.185. The van der Waals surface area contributed by atoms with Gasteiger partial charge in [-0.25, -0.2) is 8.78 Å². The Morgan fingerprint density at radius 1 is 0.656 bits per heavy atom. The van der Waals surface area contributed by atoms with Gasteiger partial charge in [-0.15, -0.1) is 0 Å². The summed E-state index contributed by atoms with van der Waals surface area (Å²) in [6, 6.07) is 17.7. The van der Waals surface area contributed by atoms with Gasteiger partial charge in [-0.1, -0.05) is 87.6 Å². The average Bonchev–Trinajstić information content (AvgIpc) is 2.82. The Balaban J connectivity index is 1.63. The van der Waals surface area contributed by atoms with Crippen molar-refractivity contribution in [3.05, 3.63) is 77.9 Å². The normalized spacial score (nSPS) is 11.0. The van der Waals surface area contributed by atoms with E-state index in [2.05, 4.69) is 6.92 Å². The van der Waals surface area contributed by atoms with Crippen molar-refractivity contribution >= 4 is 0 Å². The minimum absolute atomic E-state index is 0.240. The predicted octanol–water partition coefficient (Wildman–Crippen LogP) is 8.18. The molecule has 0 aliphatic heterocycles. The van der Waals surface area contributed by atoms with Gasteiger partial charge in [0.2, 0.25) is 0 Å². The number of ether oxygens (including phenoxy) is 2. The van der Waals surface area contributed by atoms with E-state index in [1.807, 2.05) is 24.3 Å². The average molecular weight is 439 g/mol. The number of halogens is 2. The van der Waals surface area contributed by atoms with Crippen LogP contribution in [0.15, 0.2) is 60.7 Å². The monoisotopic (exact) mass is 438 g/mol. The van der Waals surface area contributed by atoms with Crippen LogP contribution in [0.25, 0.3) is 22.3 Å². The van der Waals surface area contributed by atoms with Crippen molar-refractivity contribution in [2.75, 3.05) is 13.7 Å². The third-order valence-electron chi connectivity index (χ3n) is 5.59. The molecule has 0 radical (unpaired) electrons. The van der Waals surface area contributed by atoms with Crippen molar-refractivity contribution < 1.29 is 18.3 Å². The van der Waals surface area contributed by atoms with Gasteiger partial charge in [0.15, 0.2) is 11.6 Å². The Labute approximate surface area is 190 Å². The van der Waals surface area contributed by atoms with E-state index in [-0.39, 0.29) is 11.1 Å². The van der Waals surface area contributed by atoms with E-state index in [9.17, 15) is 8.78 Å². The smallest absolute Gasteiger partial charge is 0.167 e. The summed E-state index contributed by atoms with van der Waals surface area (Å²) in [4.78, 5) is 0. The van der Waals surface area contributed by atoms with E-state index in [4.69, 9.17) is 9.47 Å². The second-order valence-electron chi connectivity index (χ2n) is 8.06. The SMILES string of the molecule is CCCCCCCCOc1ccc(-c2ccc(-c3ccc(COC)cc3)c(F)c2F)cc1. The highest BCUT2D eigenvalue weighted by atomic mass is 19.2. The lowest BCUT2D eigenvalue weighted by atomic mass is 9.98. The molecule has 0 unspecified atom stereocenters. The van der Waals surface area contributed by atoms with Gasteiger partial charge in [0.1, 0.15) is 5.75 Å². The van der Waals surface area contributed by atoms with Gasteiger partial charge in [-0.3, -0.25) is 0 Å². The quantitative estimate of drug-likeness (QED) is 0.265. The zero-order valence-electron chi connectivity index (χ0n) is 19.0. The Bertz CT molecular complexity index is 966. The summed E-state index contributed by atoms with van der Waals surface area (Å²) in [6.45, 7) is 3.37. The first-order valence-corrected chi connectivity index (χ1v) is 11.4. The Morgan fingerprint density at radius 3 is 1.75 bits per heavy atom. The number of methoxy groups -OCH3 is 1. The second kappa shape index (κ2) is 12.4. The van der Waals surface area contributed by atoms with Gasteiger partial charge in [0.25, 0.3) is 0 Å². The summed E-state index contributed by atoms with van der Waals surface area (Å²) < 4.78 is 40.6. The fraction of sp³-hybridized carbons (Fsp3) is 0.357. The van der Waals surface area contributed by atoms with Crippen molar-refractivity contribution in [2.45, 2.75) is 52.1 Å². The van der Waals surface area contributed by atoms with Crippen molar-refractivity contribution in [3.8, 4) is 28.0 Å². The summed E-state index contributed by atoms with van der Waals surface area (Å²) in [5, 5.41) is 0. The number of hydrogen-bond donors (Lipinski definition) is 0. The molecule has 0 atom stereocenters. The first-order valence-electron chi connectivity index (χ1n) is 11.4. The van der Waals surface area contributed by atoms with Crippen LogP contribution in [0.3, 0.4) is 0 Å². The van der Waals surface area contributed by atoms with E-state index in [1.165, 1.54) is 32.1 Å². The molecular weight excluding hydrogens is 406 g/mol. The standard InChI is InChI=1S/C28H32F2O2/c1-3-4-5-6-7-8-19-32-24-15-13-23(14-16-24)26-18-17-25(27(29)28(26)30)22-11-9-21(10-12-22)20-31-2/h9-18H,3-8,19-20H2,1-2H3. The molecule has 0 saturated carbocycles. The van der Waals surface area contributed by atoms with Crippen LogP contribution in [0.4, 0.5) is 8.78 Å². The molecule has 0 aliphatic carbocycles. The molecule has 32 heavy (non-hydrogen) atoms. The molecule has 0 bridgehead atoms. The van der Waals surface area contributed by atoms with Crippen molar-refractivity contribution in [2.24, 2.45) is 0 Å². The summed E-state index contributed by atoms with van der Waals surface area (Å²) in [5.41, 5.74) is 2.72. The molecule has 3 rings (SSSR count). The van der Waals surface area contributed by atoms with Crippen LogP contribution in [0.2, 0.25) is 0 Å². The largest absolute Gasteiger partial charge is 0.494 e. The molecule has 3 aromatic carbocycles. The molecule has 3 aromatic rings. The van der Waals surface area contributed by atoms with E-state index >= 15 is 0 Å². The zero-order chi connectivity index (χ0) is 22.8. The molecule has 0 aromatic heterocycles. The number of benzene rings is 3. The van der Waals surface area contributed by atoms with Crippen LogP contribution in [-0.4, -0.2) is 13.7 Å². The third kappa shape index (κ3) is 6.39. The zero-order valence-corrected chi connectivity index (χ0v) is 19.0. The first kappa shape index (κ1) is 23.9. The molecule has 0 aliphatic rings. The van der Waals surface area contributed by atoms with Gasteiger partial charge < -0.3 is 9.47 Å². The molecule has 0 N–H and O–H groups in total. The van der Waals surface area contributed by atoms with Crippen LogP contribution >= 0.6 is 0 Å². The van der Waals surface area contributed by atoms with Gasteiger partial charge in [-0.05, 0) is 35.2 Å². The predicted molar refractivity (Wildman–Crippen MR) is 127 cm³/mol. The van der Waals surface area contributed by atoms with E-state index in [1.54, 1.807) is 43.5 Å². The fourth-order valence-electron chi connectivity index (χ4n) is 3.75. The minimum atomic E-state index is -0.843. The summed E-state index contributed by atoms with van der Waals surface area (Å²) in [7, 11) is 1.62. The molecule has 2 nitrogen and oxygen atoms in total. The summed E-state index contributed by atoms with van der Waals surface area (Å²) in [5.74, 6) is -0.939. The van der Waals surface area contributed by atoms with Gasteiger partial charge in [0.05, 0.1) is 13.2 Å². The van der Waals surface area contributed by atoms with Gasteiger partial charge in [0, 0.05) is 18.2 Å². The van der Waals surface area contributed by atoms with Crippen LogP contribution < -0.4 is 4.74 Å². The van der Waals surface area contributed by atoms with Crippen LogP contribution in [0.5, 0.6) is 5.75 Å². The molecule has 0 saturated heterocycles. The maximum absolute atomic E-state index is 14.9. The van der Waals surface area contributed by atoms with E-state index in [0.29, 0.717) is 24.3 Å². The van der Waals surface area contributed by atoms with E-state index < -0.39 is 11.6 Å². The molecule has 0 heterocycles. The molecule has 170 valence electrons. The maximum Gasteiger partial charge on any atom is 0.167 e. The highest BCUT2D eigenvalue weighted by Crippen LogP contribution is 2.32. The first-order chi connectivity index (χ1) is 15.6. The lowest BCUT2D eigenvalue weighted by Crippen LogP contribution is -1.98. The van der Waals surface area contributed by atoms with E-state index in [0.717, 1.165) is 17.7 Å². The number of rotatable bonds is 12. The second-order valence-corrected chi connectivity index (χ2v) is 8.06. The lowest BCUT2D eigenvalue weighted by Gasteiger charge is -2.11. The fourth-order valence-corrected chi connectivity index (χ4v) is 3.75. The Kier molecular flexibility index (Phi) is 9.24. The maximum atomic E-state index is 14.9. The van der Waals surface area contributed by atoms with Crippen molar-refractivity contribution in [3.63, 3.8) is 0 Å². The van der Waals surface area contributed by atoms with Gasteiger partial charge in [-0.2, -0.15) is 0 Å². The highest BCUT2D eigenvalue weighted by molar-refractivity contribution is 5.72. The third-order valence-corrected chi connectivity index (χ3v) is 5.59. The van der Waals surface area contributed by atoms with Crippen LogP contribution in [-0.2, 0) is 11.3 Å². The topological polar surface area (TPSA) is 18.5 Å². The van der Waals surface area contributed by atoms with Crippen LogP contribution in [0.1, 0.15) is 51.0 Å². The summed E-state index contributed by atoms with van der Waals surface area (Å²) >= 11 is 0. The Morgan fingerprint density at radius 2 is 1.19 bits per heavy atom. The molecular formula is C28H32F2O2. The van der Waals surface area contributed by atoms with Gasteiger partial charge >= 0.3 is 0 Å².